The SMILES string of the molecule is OCc1cccc(F)c1-c1ccc2c(c1)CN(c1cn[nH]n1)C2. The zero-order chi connectivity index (χ0) is 15.8. The first kappa shape index (κ1) is 13.9. The highest BCUT2D eigenvalue weighted by atomic mass is 19.1. The molecule has 116 valence electrons. The van der Waals surface area contributed by atoms with Gasteiger partial charge in [0.15, 0.2) is 5.82 Å². The van der Waals surface area contributed by atoms with Crippen LogP contribution < -0.4 is 4.90 Å². The third-order valence-corrected chi connectivity index (χ3v) is 4.21. The Hall–Kier alpha value is -2.73. The molecule has 0 saturated carbocycles. The first-order valence-electron chi connectivity index (χ1n) is 7.37. The summed E-state index contributed by atoms with van der Waals surface area (Å²) in [5.41, 5.74) is 4.18. The maximum Gasteiger partial charge on any atom is 0.171 e. The van der Waals surface area contributed by atoms with Gasteiger partial charge in [-0.05, 0) is 34.4 Å². The zero-order valence-corrected chi connectivity index (χ0v) is 12.3. The number of aromatic amines is 1. The molecule has 0 spiro atoms. The van der Waals surface area contributed by atoms with E-state index in [0.717, 1.165) is 23.5 Å². The van der Waals surface area contributed by atoms with Crippen molar-refractivity contribution in [2.24, 2.45) is 0 Å². The van der Waals surface area contributed by atoms with Gasteiger partial charge in [0.05, 0.1) is 12.8 Å². The number of nitrogens with one attached hydrogen (secondary N) is 1. The van der Waals surface area contributed by atoms with Gasteiger partial charge in [-0.3, -0.25) is 0 Å². The lowest BCUT2D eigenvalue weighted by molar-refractivity contribution is 0.282. The smallest absolute Gasteiger partial charge is 0.171 e. The van der Waals surface area contributed by atoms with Crippen LogP contribution in [0.15, 0.2) is 42.6 Å². The highest BCUT2D eigenvalue weighted by Gasteiger charge is 2.22. The van der Waals surface area contributed by atoms with E-state index in [0.29, 0.717) is 17.7 Å². The Morgan fingerprint density at radius 3 is 2.83 bits per heavy atom. The molecule has 2 heterocycles. The maximum absolute atomic E-state index is 14.2. The van der Waals surface area contributed by atoms with E-state index in [1.54, 1.807) is 18.3 Å². The summed E-state index contributed by atoms with van der Waals surface area (Å²) in [7, 11) is 0. The fraction of sp³-hybridized carbons (Fsp3) is 0.176. The normalized spacial score (nSPS) is 13.4. The molecule has 3 aromatic rings. The number of hydrogen-bond acceptors (Lipinski definition) is 4. The minimum atomic E-state index is -0.317. The lowest BCUT2D eigenvalue weighted by atomic mass is 9.96. The van der Waals surface area contributed by atoms with E-state index in [4.69, 9.17) is 0 Å². The van der Waals surface area contributed by atoms with Crippen LogP contribution in [0.2, 0.25) is 0 Å². The van der Waals surface area contributed by atoms with Crippen LogP contribution in [0.25, 0.3) is 11.1 Å². The minimum absolute atomic E-state index is 0.185. The third kappa shape index (κ3) is 2.37. The van der Waals surface area contributed by atoms with E-state index >= 15 is 0 Å². The predicted molar refractivity (Wildman–Crippen MR) is 84.0 cm³/mol. The molecule has 0 aliphatic carbocycles. The number of H-pyrrole nitrogens is 1. The van der Waals surface area contributed by atoms with E-state index in [-0.39, 0.29) is 12.4 Å². The molecule has 0 unspecified atom stereocenters. The van der Waals surface area contributed by atoms with Crippen LogP contribution >= 0.6 is 0 Å². The van der Waals surface area contributed by atoms with Crippen molar-refractivity contribution in [3.05, 3.63) is 65.1 Å². The number of fused-ring (bicyclic) bond motifs is 1. The molecule has 1 aliphatic heterocycles. The van der Waals surface area contributed by atoms with Crippen molar-refractivity contribution >= 4 is 5.82 Å². The number of nitrogens with zero attached hydrogens (tertiary/aromatic N) is 3. The first-order chi connectivity index (χ1) is 11.3. The summed E-state index contributed by atoms with van der Waals surface area (Å²) in [6.07, 6.45) is 1.69. The summed E-state index contributed by atoms with van der Waals surface area (Å²) >= 11 is 0. The number of rotatable bonds is 3. The van der Waals surface area contributed by atoms with Gasteiger partial charge >= 0.3 is 0 Å². The fourth-order valence-corrected chi connectivity index (χ4v) is 3.08. The van der Waals surface area contributed by atoms with Gasteiger partial charge in [0.25, 0.3) is 0 Å². The molecule has 0 saturated heterocycles. The summed E-state index contributed by atoms with van der Waals surface area (Å²) in [6.45, 7) is 1.28. The van der Waals surface area contributed by atoms with Gasteiger partial charge in [0, 0.05) is 18.7 Å². The molecule has 0 amide bonds. The molecule has 23 heavy (non-hydrogen) atoms. The fourth-order valence-electron chi connectivity index (χ4n) is 3.08. The Morgan fingerprint density at radius 1 is 1.17 bits per heavy atom. The second kappa shape index (κ2) is 5.48. The van der Waals surface area contributed by atoms with Gasteiger partial charge in [-0.25, -0.2) is 4.39 Å². The molecular weight excluding hydrogens is 295 g/mol. The van der Waals surface area contributed by atoms with Crippen LogP contribution in [0.4, 0.5) is 10.2 Å². The molecule has 5 nitrogen and oxygen atoms in total. The molecule has 6 heteroatoms. The van der Waals surface area contributed by atoms with Crippen LogP contribution in [0, 0.1) is 5.82 Å². The van der Waals surface area contributed by atoms with Crippen LogP contribution in [0.5, 0.6) is 0 Å². The van der Waals surface area contributed by atoms with Gasteiger partial charge in [-0.1, -0.05) is 24.3 Å². The number of aliphatic hydroxyl groups is 1. The van der Waals surface area contributed by atoms with Crippen LogP contribution in [0.3, 0.4) is 0 Å². The van der Waals surface area contributed by atoms with Crippen LogP contribution in [-0.2, 0) is 19.7 Å². The summed E-state index contributed by atoms with van der Waals surface area (Å²) in [5, 5.41) is 20.0. The summed E-state index contributed by atoms with van der Waals surface area (Å²) in [6, 6.07) is 10.7. The van der Waals surface area contributed by atoms with Crippen molar-refractivity contribution < 1.29 is 9.50 Å². The standard InChI is InChI=1S/C17H15FN4O/c18-15-3-1-2-13(10-23)17(15)11-4-5-12-8-22(9-14(12)6-11)16-7-19-21-20-16/h1-7,23H,8-10H2,(H,19,20,21). The average molecular weight is 310 g/mol. The van der Waals surface area contributed by atoms with E-state index in [1.165, 1.54) is 11.6 Å². The van der Waals surface area contributed by atoms with Crippen molar-refractivity contribution in [1.29, 1.82) is 0 Å². The van der Waals surface area contributed by atoms with Crippen molar-refractivity contribution in [3.8, 4) is 11.1 Å². The van der Waals surface area contributed by atoms with Gasteiger partial charge in [0.1, 0.15) is 5.82 Å². The second-order valence-electron chi connectivity index (χ2n) is 5.60. The average Bonchev–Trinajstić information content (AvgIpc) is 3.22. The van der Waals surface area contributed by atoms with E-state index < -0.39 is 0 Å². The van der Waals surface area contributed by atoms with E-state index in [9.17, 15) is 9.50 Å². The Bertz CT molecular complexity index is 848. The molecule has 1 aliphatic rings. The molecule has 1 aromatic heterocycles. The molecular formula is C17H15FN4O. The topological polar surface area (TPSA) is 65.0 Å². The summed E-state index contributed by atoms with van der Waals surface area (Å²) < 4.78 is 14.2. The minimum Gasteiger partial charge on any atom is -0.392 e. The van der Waals surface area contributed by atoms with Crippen LogP contribution in [0.1, 0.15) is 16.7 Å². The lowest BCUT2D eigenvalue weighted by Gasteiger charge is -2.12. The number of anilines is 1. The third-order valence-electron chi connectivity index (χ3n) is 4.21. The number of halogens is 1. The summed E-state index contributed by atoms with van der Waals surface area (Å²) in [5.74, 6) is 0.479. The van der Waals surface area contributed by atoms with Crippen LogP contribution in [-0.4, -0.2) is 20.5 Å². The van der Waals surface area contributed by atoms with Gasteiger partial charge in [-0.15, -0.1) is 5.10 Å². The number of hydrogen-bond donors (Lipinski definition) is 2. The molecule has 0 fully saturated rings. The Balaban J connectivity index is 1.72. The Labute approximate surface area is 132 Å². The highest BCUT2D eigenvalue weighted by Crippen LogP contribution is 2.33. The quantitative estimate of drug-likeness (QED) is 0.780. The number of aliphatic hydroxyl groups excluding tert-OH is 1. The molecule has 2 aromatic carbocycles. The van der Waals surface area contributed by atoms with Crippen molar-refractivity contribution in [2.75, 3.05) is 4.90 Å². The van der Waals surface area contributed by atoms with E-state index in [2.05, 4.69) is 20.3 Å². The monoisotopic (exact) mass is 310 g/mol. The molecule has 0 atom stereocenters. The maximum atomic E-state index is 14.2. The Kier molecular flexibility index (Phi) is 3.31. The zero-order valence-electron chi connectivity index (χ0n) is 12.3. The van der Waals surface area contributed by atoms with Crippen molar-refractivity contribution in [2.45, 2.75) is 19.7 Å². The second-order valence-corrected chi connectivity index (χ2v) is 5.60. The van der Waals surface area contributed by atoms with E-state index in [1.807, 2.05) is 18.2 Å². The predicted octanol–water partition coefficient (Wildman–Crippen LogP) is 2.62. The van der Waals surface area contributed by atoms with Gasteiger partial charge in [-0.2, -0.15) is 10.3 Å². The van der Waals surface area contributed by atoms with Gasteiger partial charge in [0.2, 0.25) is 0 Å². The number of benzene rings is 2. The molecule has 0 radical (unpaired) electrons. The van der Waals surface area contributed by atoms with Crippen molar-refractivity contribution in [1.82, 2.24) is 15.4 Å². The lowest BCUT2D eigenvalue weighted by Crippen LogP contribution is -2.14. The first-order valence-corrected chi connectivity index (χ1v) is 7.37. The largest absolute Gasteiger partial charge is 0.392 e. The molecule has 2 N–H and O–H groups in total. The number of aromatic nitrogens is 3. The van der Waals surface area contributed by atoms with Gasteiger partial charge < -0.3 is 10.0 Å². The highest BCUT2D eigenvalue weighted by molar-refractivity contribution is 5.70. The van der Waals surface area contributed by atoms with Crippen molar-refractivity contribution in [3.63, 3.8) is 0 Å². The summed E-state index contributed by atoms with van der Waals surface area (Å²) in [4.78, 5) is 2.10. The Morgan fingerprint density at radius 2 is 2.04 bits per heavy atom. The molecule has 4 rings (SSSR count). The molecule has 0 bridgehead atoms.